The quantitative estimate of drug-likeness (QED) is 0.762. The molecular formula is C14H12FN5. The highest BCUT2D eigenvalue weighted by Crippen LogP contribution is 2.19. The van der Waals surface area contributed by atoms with E-state index in [4.69, 9.17) is 5.73 Å². The van der Waals surface area contributed by atoms with Crippen LogP contribution in [-0.4, -0.2) is 20.2 Å². The van der Waals surface area contributed by atoms with Gasteiger partial charge in [-0.3, -0.25) is 10.1 Å². The van der Waals surface area contributed by atoms with E-state index in [0.29, 0.717) is 11.6 Å². The average Bonchev–Trinajstić information content (AvgIpc) is 2.98. The van der Waals surface area contributed by atoms with E-state index >= 15 is 0 Å². The lowest BCUT2D eigenvalue weighted by Crippen LogP contribution is -2.13. The third-order valence-electron chi connectivity index (χ3n) is 2.95. The summed E-state index contributed by atoms with van der Waals surface area (Å²) in [6.07, 6.45) is 3.36. The minimum atomic E-state index is -0.478. The van der Waals surface area contributed by atoms with Crippen LogP contribution >= 0.6 is 0 Å². The van der Waals surface area contributed by atoms with Gasteiger partial charge in [0.25, 0.3) is 0 Å². The van der Waals surface area contributed by atoms with E-state index < -0.39 is 6.04 Å². The smallest absolute Gasteiger partial charge is 0.182 e. The Hall–Kier alpha value is -2.60. The molecule has 5 nitrogen and oxygen atoms in total. The van der Waals surface area contributed by atoms with Crippen molar-refractivity contribution in [2.75, 3.05) is 0 Å². The molecule has 0 aliphatic heterocycles. The summed E-state index contributed by atoms with van der Waals surface area (Å²) in [7, 11) is 0. The van der Waals surface area contributed by atoms with Crippen molar-refractivity contribution in [3.8, 4) is 11.4 Å². The topological polar surface area (TPSA) is 80.5 Å². The van der Waals surface area contributed by atoms with Crippen molar-refractivity contribution in [3.05, 3.63) is 66.0 Å². The molecule has 20 heavy (non-hydrogen) atoms. The minimum Gasteiger partial charge on any atom is -0.318 e. The Morgan fingerprint density at radius 2 is 1.95 bits per heavy atom. The summed E-state index contributed by atoms with van der Waals surface area (Å²) in [5, 5.41) is 6.93. The molecule has 0 fully saturated rings. The summed E-state index contributed by atoms with van der Waals surface area (Å²) in [5.74, 6) is 0.760. The first kappa shape index (κ1) is 12.4. The Labute approximate surface area is 114 Å². The third-order valence-corrected chi connectivity index (χ3v) is 2.95. The first-order valence-corrected chi connectivity index (χ1v) is 6.08. The van der Waals surface area contributed by atoms with Crippen LogP contribution in [0.2, 0.25) is 0 Å². The number of H-pyrrole nitrogens is 1. The van der Waals surface area contributed by atoms with E-state index in [-0.39, 0.29) is 5.82 Å². The van der Waals surface area contributed by atoms with Gasteiger partial charge in [0.1, 0.15) is 11.6 Å². The number of nitrogens with zero attached hydrogens (tertiary/aromatic N) is 3. The second kappa shape index (κ2) is 5.18. The van der Waals surface area contributed by atoms with Gasteiger partial charge in [-0.2, -0.15) is 5.10 Å². The summed E-state index contributed by atoms with van der Waals surface area (Å²) < 4.78 is 12.9. The molecule has 2 heterocycles. The highest BCUT2D eigenvalue weighted by atomic mass is 19.1. The molecule has 3 N–H and O–H groups in total. The van der Waals surface area contributed by atoms with Crippen LogP contribution in [0.3, 0.4) is 0 Å². The predicted molar refractivity (Wildman–Crippen MR) is 72.0 cm³/mol. The van der Waals surface area contributed by atoms with Gasteiger partial charge in [-0.05, 0) is 29.8 Å². The maximum absolute atomic E-state index is 12.9. The van der Waals surface area contributed by atoms with Crippen molar-refractivity contribution in [2.24, 2.45) is 5.73 Å². The zero-order valence-electron chi connectivity index (χ0n) is 10.5. The number of aromatic amines is 1. The fourth-order valence-corrected chi connectivity index (χ4v) is 1.87. The monoisotopic (exact) mass is 269 g/mol. The molecule has 6 heteroatoms. The maximum atomic E-state index is 12.9. The van der Waals surface area contributed by atoms with E-state index in [1.165, 1.54) is 12.1 Å². The molecule has 1 atom stereocenters. The Bertz CT molecular complexity index is 693. The third kappa shape index (κ3) is 2.41. The van der Waals surface area contributed by atoms with Crippen molar-refractivity contribution in [1.82, 2.24) is 20.2 Å². The second-order valence-corrected chi connectivity index (χ2v) is 4.32. The standard InChI is InChI=1S/C14H12FN5/c15-11-5-3-9(4-6-11)12(16)14-18-13(19-20-14)10-2-1-7-17-8-10/h1-8,12H,16H2,(H,18,19,20)/t12-/m0/s1. The molecule has 2 aromatic heterocycles. The van der Waals surface area contributed by atoms with E-state index in [2.05, 4.69) is 20.2 Å². The van der Waals surface area contributed by atoms with Crippen molar-refractivity contribution in [3.63, 3.8) is 0 Å². The summed E-state index contributed by atoms with van der Waals surface area (Å²) in [6, 6.07) is 9.20. The van der Waals surface area contributed by atoms with Crippen molar-refractivity contribution < 1.29 is 4.39 Å². The first-order valence-electron chi connectivity index (χ1n) is 6.08. The van der Waals surface area contributed by atoms with Gasteiger partial charge in [-0.15, -0.1) is 0 Å². The van der Waals surface area contributed by atoms with Gasteiger partial charge in [0.2, 0.25) is 0 Å². The summed E-state index contributed by atoms with van der Waals surface area (Å²) in [4.78, 5) is 8.37. The van der Waals surface area contributed by atoms with Gasteiger partial charge < -0.3 is 5.73 Å². The highest BCUT2D eigenvalue weighted by molar-refractivity contribution is 5.52. The lowest BCUT2D eigenvalue weighted by Gasteiger charge is -2.07. The molecule has 0 aliphatic rings. The number of halogens is 1. The molecule has 0 spiro atoms. The summed E-state index contributed by atoms with van der Waals surface area (Å²) >= 11 is 0. The van der Waals surface area contributed by atoms with Crippen LogP contribution in [0, 0.1) is 5.82 Å². The van der Waals surface area contributed by atoms with E-state index in [9.17, 15) is 4.39 Å². The molecule has 1 aromatic carbocycles. The van der Waals surface area contributed by atoms with Crippen molar-refractivity contribution in [2.45, 2.75) is 6.04 Å². The minimum absolute atomic E-state index is 0.297. The highest BCUT2D eigenvalue weighted by Gasteiger charge is 2.14. The maximum Gasteiger partial charge on any atom is 0.182 e. The first-order chi connectivity index (χ1) is 9.74. The van der Waals surface area contributed by atoms with E-state index in [1.54, 1.807) is 24.5 Å². The van der Waals surface area contributed by atoms with Gasteiger partial charge >= 0.3 is 0 Å². The van der Waals surface area contributed by atoms with Crippen LogP contribution in [0.25, 0.3) is 11.4 Å². The van der Waals surface area contributed by atoms with Crippen LogP contribution in [0.5, 0.6) is 0 Å². The number of nitrogens with two attached hydrogens (primary N) is 1. The summed E-state index contributed by atoms with van der Waals surface area (Å²) in [6.45, 7) is 0. The Morgan fingerprint density at radius 1 is 1.15 bits per heavy atom. The van der Waals surface area contributed by atoms with Gasteiger partial charge in [-0.1, -0.05) is 12.1 Å². The Morgan fingerprint density at radius 3 is 2.65 bits per heavy atom. The van der Waals surface area contributed by atoms with Crippen LogP contribution in [0.1, 0.15) is 17.4 Å². The fourth-order valence-electron chi connectivity index (χ4n) is 1.87. The molecule has 0 unspecified atom stereocenters. The normalized spacial score (nSPS) is 12.3. The van der Waals surface area contributed by atoms with Gasteiger partial charge in [0.15, 0.2) is 5.82 Å². The molecule has 0 radical (unpaired) electrons. The van der Waals surface area contributed by atoms with Crippen molar-refractivity contribution >= 4 is 0 Å². The molecule has 3 rings (SSSR count). The van der Waals surface area contributed by atoms with Crippen LogP contribution in [-0.2, 0) is 0 Å². The van der Waals surface area contributed by atoms with Gasteiger partial charge in [0.05, 0.1) is 6.04 Å². The fraction of sp³-hybridized carbons (Fsp3) is 0.0714. The number of pyridine rings is 1. The second-order valence-electron chi connectivity index (χ2n) is 4.32. The molecule has 3 aromatic rings. The number of rotatable bonds is 3. The molecule has 0 aliphatic carbocycles. The Kier molecular flexibility index (Phi) is 3.22. The number of hydrogen-bond donors (Lipinski definition) is 2. The molecule has 0 saturated heterocycles. The van der Waals surface area contributed by atoms with Gasteiger partial charge in [-0.25, -0.2) is 9.37 Å². The predicted octanol–water partition coefficient (Wildman–Crippen LogP) is 2.05. The molecule has 100 valence electrons. The van der Waals surface area contributed by atoms with E-state index in [0.717, 1.165) is 11.1 Å². The van der Waals surface area contributed by atoms with Gasteiger partial charge in [0, 0.05) is 18.0 Å². The molecular weight excluding hydrogens is 257 g/mol. The number of aromatic nitrogens is 4. The van der Waals surface area contributed by atoms with Crippen LogP contribution in [0.15, 0.2) is 48.8 Å². The summed E-state index contributed by atoms with van der Waals surface area (Å²) in [5.41, 5.74) is 7.66. The zero-order valence-corrected chi connectivity index (χ0v) is 10.5. The number of benzene rings is 1. The average molecular weight is 269 g/mol. The lowest BCUT2D eigenvalue weighted by molar-refractivity contribution is 0.626. The number of nitrogens with one attached hydrogen (secondary N) is 1. The molecule has 0 bridgehead atoms. The number of hydrogen-bond acceptors (Lipinski definition) is 4. The SMILES string of the molecule is N[C@@H](c1ccc(F)cc1)c1nc(-c2cccnc2)n[nH]1. The zero-order chi connectivity index (χ0) is 13.9. The Balaban J connectivity index is 1.88. The van der Waals surface area contributed by atoms with Crippen LogP contribution in [0.4, 0.5) is 4.39 Å². The molecule has 0 amide bonds. The largest absolute Gasteiger partial charge is 0.318 e. The lowest BCUT2D eigenvalue weighted by atomic mass is 10.1. The van der Waals surface area contributed by atoms with Crippen molar-refractivity contribution in [1.29, 1.82) is 0 Å². The van der Waals surface area contributed by atoms with E-state index in [1.807, 2.05) is 12.1 Å². The molecule has 0 saturated carbocycles. The van der Waals surface area contributed by atoms with Crippen LogP contribution < -0.4 is 5.73 Å².